The first-order chi connectivity index (χ1) is 7.01. The maximum atomic E-state index is 5.53. The highest BCUT2D eigenvalue weighted by Crippen LogP contribution is 2.21. The highest BCUT2D eigenvalue weighted by atomic mass is 32.1. The van der Waals surface area contributed by atoms with Crippen LogP contribution in [0.1, 0.15) is 32.2 Å². The van der Waals surface area contributed by atoms with E-state index < -0.39 is 0 Å². The van der Waals surface area contributed by atoms with E-state index in [1.807, 2.05) is 7.05 Å². The molecule has 0 saturated carbocycles. The Morgan fingerprint density at radius 1 is 1.33 bits per heavy atom. The second kappa shape index (κ2) is 5.42. The van der Waals surface area contributed by atoms with Crippen LogP contribution < -0.4 is 10.1 Å². The number of nitrogens with zero attached hydrogens (tertiary/aromatic N) is 2. The summed E-state index contributed by atoms with van der Waals surface area (Å²) >= 11 is 1.50. The first kappa shape index (κ1) is 12.4. The van der Waals surface area contributed by atoms with Crippen molar-refractivity contribution in [1.82, 2.24) is 15.5 Å². The van der Waals surface area contributed by atoms with Crippen LogP contribution in [0.3, 0.4) is 0 Å². The van der Waals surface area contributed by atoms with Crippen molar-refractivity contribution >= 4 is 11.3 Å². The van der Waals surface area contributed by atoms with Gasteiger partial charge in [0, 0.05) is 6.54 Å². The van der Waals surface area contributed by atoms with Crippen LogP contribution in [0.25, 0.3) is 0 Å². The molecule has 1 aromatic heterocycles. The quantitative estimate of drug-likeness (QED) is 0.839. The number of aromatic nitrogens is 2. The fraction of sp³-hybridized carbons (Fsp3) is 0.800. The van der Waals surface area contributed by atoms with E-state index in [0.29, 0.717) is 17.2 Å². The Kier molecular flexibility index (Phi) is 4.47. The molecule has 0 aromatic carbocycles. The maximum Gasteiger partial charge on any atom is 0.294 e. The van der Waals surface area contributed by atoms with E-state index >= 15 is 0 Å². The molecular formula is C10H19N3OS. The molecule has 0 radical (unpaired) electrons. The Bertz CT molecular complexity index is 293. The minimum Gasteiger partial charge on any atom is -0.469 e. The van der Waals surface area contributed by atoms with Gasteiger partial charge in [0.05, 0.1) is 6.61 Å². The molecule has 0 aliphatic carbocycles. The molecule has 0 spiro atoms. The Morgan fingerprint density at radius 3 is 2.67 bits per heavy atom. The summed E-state index contributed by atoms with van der Waals surface area (Å²) in [5.74, 6) is 0. The Balaban J connectivity index is 2.31. The summed E-state index contributed by atoms with van der Waals surface area (Å²) in [6, 6.07) is 0. The molecule has 4 nitrogen and oxygen atoms in total. The van der Waals surface area contributed by atoms with Crippen molar-refractivity contribution in [2.24, 2.45) is 5.41 Å². The van der Waals surface area contributed by atoms with Crippen molar-refractivity contribution < 1.29 is 4.74 Å². The molecule has 1 aromatic rings. The Hall–Kier alpha value is -0.680. The average Bonchev–Trinajstić information content (AvgIpc) is 2.51. The van der Waals surface area contributed by atoms with Crippen LogP contribution in [0.15, 0.2) is 0 Å². The number of hydrogen-bond donors (Lipinski definition) is 1. The van der Waals surface area contributed by atoms with E-state index in [-0.39, 0.29) is 0 Å². The minimum absolute atomic E-state index is 0.304. The molecule has 0 aliphatic heterocycles. The van der Waals surface area contributed by atoms with Gasteiger partial charge in [-0.15, -0.1) is 10.2 Å². The average molecular weight is 229 g/mol. The number of rotatable bonds is 5. The van der Waals surface area contributed by atoms with E-state index in [0.717, 1.165) is 18.0 Å². The van der Waals surface area contributed by atoms with Crippen LogP contribution in [-0.2, 0) is 6.54 Å². The third-order valence-corrected chi connectivity index (χ3v) is 2.69. The van der Waals surface area contributed by atoms with Crippen molar-refractivity contribution in [1.29, 1.82) is 0 Å². The van der Waals surface area contributed by atoms with Crippen molar-refractivity contribution in [3.63, 3.8) is 0 Å². The SMILES string of the molecule is CNCc1nnc(OCCC(C)(C)C)s1. The summed E-state index contributed by atoms with van der Waals surface area (Å²) < 4.78 is 5.53. The highest BCUT2D eigenvalue weighted by Gasteiger charge is 2.11. The first-order valence-corrected chi connectivity index (χ1v) is 5.93. The molecule has 1 rings (SSSR count). The van der Waals surface area contributed by atoms with Gasteiger partial charge in [0.25, 0.3) is 5.19 Å². The molecule has 0 atom stereocenters. The molecule has 0 fully saturated rings. The lowest BCUT2D eigenvalue weighted by Gasteiger charge is -2.16. The fourth-order valence-electron chi connectivity index (χ4n) is 0.964. The smallest absolute Gasteiger partial charge is 0.294 e. The lowest BCUT2D eigenvalue weighted by Crippen LogP contribution is -2.10. The van der Waals surface area contributed by atoms with Crippen LogP contribution in [0.5, 0.6) is 5.19 Å². The molecule has 1 N–H and O–H groups in total. The van der Waals surface area contributed by atoms with E-state index in [9.17, 15) is 0 Å². The van der Waals surface area contributed by atoms with Crippen molar-refractivity contribution in [3.05, 3.63) is 5.01 Å². The van der Waals surface area contributed by atoms with Gasteiger partial charge in [-0.1, -0.05) is 32.1 Å². The molecule has 0 unspecified atom stereocenters. The number of nitrogens with one attached hydrogen (secondary N) is 1. The second-order valence-electron chi connectivity index (χ2n) is 4.65. The summed E-state index contributed by atoms with van der Waals surface area (Å²) in [5, 5.41) is 12.6. The van der Waals surface area contributed by atoms with Gasteiger partial charge in [0.15, 0.2) is 0 Å². The maximum absolute atomic E-state index is 5.53. The number of ether oxygens (including phenoxy) is 1. The zero-order chi connectivity index (χ0) is 11.3. The Labute approximate surface area is 95.1 Å². The highest BCUT2D eigenvalue weighted by molar-refractivity contribution is 7.13. The van der Waals surface area contributed by atoms with Crippen LogP contribution in [0.2, 0.25) is 0 Å². The van der Waals surface area contributed by atoms with Gasteiger partial charge in [-0.3, -0.25) is 0 Å². The van der Waals surface area contributed by atoms with Crippen molar-refractivity contribution in [3.8, 4) is 5.19 Å². The van der Waals surface area contributed by atoms with E-state index in [4.69, 9.17) is 4.74 Å². The van der Waals surface area contributed by atoms with Crippen LogP contribution in [0, 0.1) is 5.41 Å². The molecule has 86 valence electrons. The predicted molar refractivity (Wildman–Crippen MR) is 62.2 cm³/mol. The molecular weight excluding hydrogens is 210 g/mol. The third-order valence-electron chi connectivity index (χ3n) is 1.85. The van der Waals surface area contributed by atoms with Gasteiger partial charge in [0.2, 0.25) is 0 Å². The minimum atomic E-state index is 0.304. The van der Waals surface area contributed by atoms with Gasteiger partial charge in [-0.25, -0.2) is 0 Å². The third kappa shape index (κ3) is 5.09. The molecule has 15 heavy (non-hydrogen) atoms. The summed E-state index contributed by atoms with van der Waals surface area (Å²) in [7, 11) is 1.89. The van der Waals surface area contributed by atoms with E-state index in [1.54, 1.807) is 0 Å². The standard InChI is InChI=1S/C10H19N3OS/c1-10(2,3)5-6-14-9-13-12-8(15-9)7-11-4/h11H,5-7H2,1-4H3. The molecule has 5 heteroatoms. The molecule has 0 saturated heterocycles. The van der Waals surface area contributed by atoms with Gasteiger partial charge in [0.1, 0.15) is 5.01 Å². The van der Waals surface area contributed by atoms with Crippen LogP contribution in [0.4, 0.5) is 0 Å². The molecule has 0 amide bonds. The zero-order valence-corrected chi connectivity index (χ0v) is 10.6. The topological polar surface area (TPSA) is 47.0 Å². The summed E-state index contributed by atoms with van der Waals surface area (Å²) in [6.07, 6.45) is 1.02. The van der Waals surface area contributed by atoms with E-state index in [1.165, 1.54) is 11.3 Å². The first-order valence-electron chi connectivity index (χ1n) is 5.11. The molecule has 1 heterocycles. The van der Waals surface area contributed by atoms with Gasteiger partial charge in [-0.2, -0.15) is 0 Å². The van der Waals surface area contributed by atoms with Gasteiger partial charge >= 0.3 is 0 Å². The molecule has 0 aliphatic rings. The summed E-state index contributed by atoms with van der Waals surface area (Å²) in [4.78, 5) is 0. The van der Waals surface area contributed by atoms with Gasteiger partial charge in [-0.05, 0) is 18.9 Å². The van der Waals surface area contributed by atoms with Crippen LogP contribution in [-0.4, -0.2) is 23.9 Å². The monoisotopic (exact) mass is 229 g/mol. The zero-order valence-electron chi connectivity index (χ0n) is 9.83. The number of hydrogen-bond acceptors (Lipinski definition) is 5. The normalized spacial score (nSPS) is 11.7. The predicted octanol–water partition coefficient (Wildman–Crippen LogP) is 2.07. The molecule has 0 bridgehead atoms. The fourth-order valence-corrected chi connectivity index (χ4v) is 1.69. The summed E-state index contributed by atoms with van der Waals surface area (Å²) in [5.41, 5.74) is 0.304. The lowest BCUT2D eigenvalue weighted by molar-refractivity contribution is 0.241. The van der Waals surface area contributed by atoms with E-state index in [2.05, 4.69) is 36.3 Å². The second-order valence-corrected chi connectivity index (χ2v) is 5.68. The Morgan fingerprint density at radius 2 is 2.07 bits per heavy atom. The largest absolute Gasteiger partial charge is 0.469 e. The van der Waals surface area contributed by atoms with Gasteiger partial charge < -0.3 is 10.1 Å². The lowest BCUT2D eigenvalue weighted by atomic mass is 9.93. The van der Waals surface area contributed by atoms with Crippen LogP contribution >= 0.6 is 11.3 Å². The van der Waals surface area contributed by atoms with Crippen molar-refractivity contribution in [2.45, 2.75) is 33.7 Å². The van der Waals surface area contributed by atoms with Crippen molar-refractivity contribution in [2.75, 3.05) is 13.7 Å². The summed E-state index contributed by atoms with van der Waals surface area (Å²) in [6.45, 7) is 8.05.